The molecule has 1 aromatic heterocycles. The molecule has 2 saturated carbocycles. The SMILES string of the molecule is CC(=O)Nc1ccc(-c2ccc(OC3C[C@@H]4CN(CC5CCCCC5)C[C@@H]4C3)nn2)cc1. The van der Waals surface area contributed by atoms with E-state index in [4.69, 9.17) is 4.74 Å². The summed E-state index contributed by atoms with van der Waals surface area (Å²) in [7, 11) is 0. The molecule has 170 valence electrons. The van der Waals surface area contributed by atoms with Crippen LogP contribution in [0.15, 0.2) is 36.4 Å². The zero-order chi connectivity index (χ0) is 21.9. The number of carbonyl (C=O) groups excluding carboxylic acids is 1. The predicted molar refractivity (Wildman–Crippen MR) is 125 cm³/mol. The molecule has 3 aliphatic rings. The van der Waals surface area contributed by atoms with Gasteiger partial charge in [0.1, 0.15) is 6.10 Å². The average molecular weight is 435 g/mol. The van der Waals surface area contributed by atoms with Gasteiger partial charge in [0.05, 0.1) is 5.69 Å². The number of benzene rings is 1. The molecule has 5 rings (SSSR count). The Labute approximate surface area is 190 Å². The molecule has 2 heterocycles. The second-order valence-corrected chi connectivity index (χ2v) is 9.97. The van der Waals surface area contributed by atoms with E-state index >= 15 is 0 Å². The Kier molecular flexibility index (Phi) is 6.39. The molecule has 1 unspecified atom stereocenters. The molecule has 3 fully saturated rings. The molecule has 6 nitrogen and oxygen atoms in total. The van der Waals surface area contributed by atoms with Crippen molar-refractivity contribution in [1.29, 1.82) is 0 Å². The van der Waals surface area contributed by atoms with Crippen molar-refractivity contribution in [2.45, 2.75) is 58.0 Å². The summed E-state index contributed by atoms with van der Waals surface area (Å²) in [5.41, 5.74) is 2.54. The zero-order valence-electron chi connectivity index (χ0n) is 19.0. The molecule has 1 aromatic carbocycles. The summed E-state index contributed by atoms with van der Waals surface area (Å²) >= 11 is 0. The van der Waals surface area contributed by atoms with Gasteiger partial charge in [-0.05, 0) is 61.6 Å². The molecule has 32 heavy (non-hydrogen) atoms. The minimum absolute atomic E-state index is 0.0768. The first-order chi connectivity index (χ1) is 15.6. The number of carbonyl (C=O) groups is 1. The number of nitrogens with one attached hydrogen (secondary N) is 1. The van der Waals surface area contributed by atoms with Crippen LogP contribution in [0.2, 0.25) is 0 Å². The maximum Gasteiger partial charge on any atom is 0.233 e. The van der Waals surface area contributed by atoms with E-state index in [-0.39, 0.29) is 12.0 Å². The minimum atomic E-state index is -0.0768. The van der Waals surface area contributed by atoms with E-state index in [0.29, 0.717) is 5.88 Å². The predicted octanol–water partition coefficient (Wildman–Crippen LogP) is 4.77. The molecule has 0 spiro atoms. The van der Waals surface area contributed by atoms with E-state index in [0.717, 1.165) is 47.5 Å². The summed E-state index contributed by atoms with van der Waals surface area (Å²) in [5.74, 6) is 3.03. The van der Waals surface area contributed by atoms with Crippen LogP contribution in [-0.4, -0.2) is 46.7 Å². The van der Waals surface area contributed by atoms with Gasteiger partial charge in [0.15, 0.2) is 0 Å². The summed E-state index contributed by atoms with van der Waals surface area (Å²) in [4.78, 5) is 13.9. The molecule has 2 aliphatic carbocycles. The van der Waals surface area contributed by atoms with Crippen molar-refractivity contribution in [2.75, 3.05) is 25.0 Å². The van der Waals surface area contributed by atoms with Gasteiger partial charge in [-0.2, -0.15) is 0 Å². The van der Waals surface area contributed by atoms with Crippen molar-refractivity contribution < 1.29 is 9.53 Å². The van der Waals surface area contributed by atoms with Gasteiger partial charge >= 0.3 is 0 Å². The Balaban J connectivity index is 1.11. The summed E-state index contributed by atoms with van der Waals surface area (Å²) < 4.78 is 6.21. The highest BCUT2D eigenvalue weighted by Crippen LogP contribution is 2.40. The number of amides is 1. The molecule has 3 atom stereocenters. The monoisotopic (exact) mass is 434 g/mol. The molecule has 1 amide bonds. The van der Waals surface area contributed by atoms with Gasteiger partial charge in [-0.25, -0.2) is 0 Å². The van der Waals surface area contributed by atoms with Crippen LogP contribution in [0, 0.1) is 17.8 Å². The third kappa shape index (κ3) is 5.12. The van der Waals surface area contributed by atoms with Crippen molar-refractivity contribution in [3.05, 3.63) is 36.4 Å². The Bertz CT molecular complexity index is 894. The molecule has 1 N–H and O–H groups in total. The number of hydrogen-bond donors (Lipinski definition) is 1. The van der Waals surface area contributed by atoms with Crippen molar-refractivity contribution >= 4 is 11.6 Å². The highest BCUT2D eigenvalue weighted by atomic mass is 16.5. The van der Waals surface area contributed by atoms with Gasteiger partial charge in [-0.3, -0.25) is 4.79 Å². The average Bonchev–Trinajstić information content (AvgIpc) is 3.33. The Hall–Kier alpha value is -2.47. The van der Waals surface area contributed by atoms with Crippen molar-refractivity contribution in [3.63, 3.8) is 0 Å². The molecule has 2 aromatic rings. The fourth-order valence-corrected chi connectivity index (χ4v) is 5.96. The summed E-state index contributed by atoms with van der Waals surface area (Å²) in [6, 6.07) is 11.5. The normalized spacial score (nSPS) is 26.1. The highest BCUT2D eigenvalue weighted by Gasteiger charge is 2.42. The number of fused-ring (bicyclic) bond motifs is 1. The second-order valence-electron chi connectivity index (χ2n) is 9.97. The van der Waals surface area contributed by atoms with Crippen LogP contribution < -0.4 is 10.1 Å². The number of nitrogens with zero attached hydrogens (tertiary/aromatic N) is 3. The zero-order valence-corrected chi connectivity index (χ0v) is 19.0. The van der Waals surface area contributed by atoms with E-state index in [9.17, 15) is 4.79 Å². The van der Waals surface area contributed by atoms with Gasteiger partial charge < -0.3 is 15.0 Å². The van der Waals surface area contributed by atoms with Crippen LogP contribution in [0.5, 0.6) is 5.88 Å². The number of anilines is 1. The van der Waals surface area contributed by atoms with Crippen LogP contribution in [-0.2, 0) is 4.79 Å². The number of ether oxygens (including phenoxy) is 1. The third-order valence-electron chi connectivity index (χ3n) is 7.45. The lowest BCUT2D eigenvalue weighted by atomic mass is 9.89. The van der Waals surface area contributed by atoms with Crippen LogP contribution in [0.25, 0.3) is 11.3 Å². The van der Waals surface area contributed by atoms with Crippen molar-refractivity contribution in [3.8, 4) is 17.1 Å². The van der Waals surface area contributed by atoms with E-state index in [1.54, 1.807) is 0 Å². The van der Waals surface area contributed by atoms with Gasteiger partial charge in [-0.1, -0.05) is 31.4 Å². The second kappa shape index (κ2) is 9.57. The Morgan fingerprint density at radius 3 is 2.34 bits per heavy atom. The van der Waals surface area contributed by atoms with Gasteiger partial charge in [-0.15, -0.1) is 10.2 Å². The molecular formula is C26H34N4O2. The van der Waals surface area contributed by atoms with E-state index in [1.807, 2.05) is 36.4 Å². The lowest BCUT2D eigenvalue weighted by Crippen LogP contribution is -2.30. The molecule has 0 radical (unpaired) electrons. The van der Waals surface area contributed by atoms with Crippen molar-refractivity contribution in [1.82, 2.24) is 15.1 Å². The highest BCUT2D eigenvalue weighted by molar-refractivity contribution is 5.88. The third-order valence-corrected chi connectivity index (χ3v) is 7.45. The van der Waals surface area contributed by atoms with Crippen LogP contribution in [0.4, 0.5) is 5.69 Å². The molecule has 1 saturated heterocycles. The Morgan fingerprint density at radius 1 is 1.00 bits per heavy atom. The van der Waals surface area contributed by atoms with E-state index in [1.165, 1.54) is 58.7 Å². The number of likely N-dealkylation sites (tertiary alicyclic amines) is 1. The Morgan fingerprint density at radius 2 is 1.72 bits per heavy atom. The molecular weight excluding hydrogens is 400 g/mol. The topological polar surface area (TPSA) is 67.3 Å². The fourth-order valence-electron chi connectivity index (χ4n) is 5.96. The molecule has 6 heteroatoms. The first-order valence-corrected chi connectivity index (χ1v) is 12.2. The van der Waals surface area contributed by atoms with E-state index in [2.05, 4.69) is 20.4 Å². The van der Waals surface area contributed by atoms with Gasteiger partial charge in [0, 0.05) is 43.9 Å². The summed E-state index contributed by atoms with van der Waals surface area (Å²) in [6.07, 6.45) is 9.72. The molecule has 0 bridgehead atoms. The minimum Gasteiger partial charge on any atom is -0.473 e. The first kappa shape index (κ1) is 21.4. The van der Waals surface area contributed by atoms with Crippen LogP contribution in [0.3, 0.4) is 0 Å². The van der Waals surface area contributed by atoms with Gasteiger partial charge in [0.25, 0.3) is 0 Å². The fraction of sp³-hybridized carbons (Fsp3) is 0.577. The van der Waals surface area contributed by atoms with E-state index < -0.39 is 0 Å². The van der Waals surface area contributed by atoms with Crippen LogP contribution in [0.1, 0.15) is 51.9 Å². The number of rotatable bonds is 6. The first-order valence-electron chi connectivity index (χ1n) is 12.2. The van der Waals surface area contributed by atoms with Gasteiger partial charge in [0.2, 0.25) is 11.8 Å². The standard InChI is InChI=1S/C26H34N4O2/c1-18(31)27-23-9-7-20(8-10-23)25-11-12-26(29-28-25)32-24-13-21-16-30(17-22(21)14-24)15-19-5-3-2-4-6-19/h7-12,19,21-22,24H,2-6,13-17H2,1H3,(H,27,31)/t21-,22+,24?. The lowest BCUT2D eigenvalue weighted by Gasteiger charge is -2.27. The summed E-state index contributed by atoms with van der Waals surface area (Å²) in [5, 5.41) is 11.5. The lowest BCUT2D eigenvalue weighted by molar-refractivity contribution is -0.114. The number of aromatic nitrogens is 2. The van der Waals surface area contributed by atoms with Crippen LogP contribution >= 0.6 is 0 Å². The largest absolute Gasteiger partial charge is 0.473 e. The maximum atomic E-state index is 11.2. The summed E-state index contributed by atoms with van der Waals surface area (Å²) in [6.45, 7) is 5.32. The quantitative estimate of drug-likeness (QED) is 0.709. The smallest absolute Gasteiger partial charge is 0.233 e. The molecule has 1 aliphatic heterocycles. The maximum absolute atomic E-state index is 11.2. The number of hydrogen-bond acceptors (Lipinski definition) is 5. The van der Waals surface area contributed by atoms with Crippen molar-refractivity contribution in [2.24, 2.45) is 17.8 Å².